The fraction of sp³-hybridized carbons (Fsp3) is 0.263. The van der Waals surface area contributed by atoms with E-state index in [4.69, 9.17) is 11.6 Å². The summed E-state index contributed by atoms with van der Waals surface area (Å²) in [4.78, 5) is 48.7. The van der Waals surface area contributed by atoms with Gasteiger partial charge in [-0.05, 0) is 43.7 Å². The molecule has 0 radical (unpaired) electrons. The number of carbonyl (C=O) groups excluding carboxylic acids is 4. The van der Waals surface area contributed by atoms with E-state index in [1.165, 1.54) is 18.4 Å². The zero-order chi connectivity index (χ0) is 20.8. The first-order valence-electron chi connectivity index (χ1n) is 8.26. The Hall–Kier alpha value is -2.71. The highest BCUT2D eigenvalue weighted by Gasteiger charge is 2.26. The van der Waals surface area contributed by atoms with Crippen LogP contribution in [0, 0.1) is 13.8 Å². The lowest BCUT2D eigenvalue weighted by Crippen LogP contribution is -2.41. The summed E-state index contributed by atoms with van der Waals surface area (Å²) in [6.07, 6.45) is 0.00274. The van der Waals surface area contributed by atoms with Crippen molar-refractivity contribution in [2.45, 2.75) is 26.3 Å². The molecule has 2 rings (SSSR count). The predicted molar refractivity (Wildman–Crippen MR) is 107 cm³/mol. The van der Waals surface area contributed by atoms with Crippen LogP contribution < -0.4 is 10.6 Å². The monoisotopic (exact) mass is 422 g/mol. The van der Waals surface area contributed by atoms with Gasteiger partial charge in [0.2, 0.25) is 12.3 Å². The molecule has 0 aliphatic carbocycles. The van der Waals surface area contributed by atoms with E-state index in [1.54, 1.807) is 31.2 Å². The minimum absolute atomic E-state index is 0.262. The zero-order valence-corrected chi connectivity index (χ0v) is 17.1. The number of hydrogen-bond acceptors (Lipinski definition) is 6. The quantitative estimate of drug-likeness (QED) is 0.387. The Labute approximate surface area is 171 Å². The first-order valence-corrected chi connectivity index (χ1v) is 9.45. The zero-order valence-electron chi connectivity index (χ0n) is 15.5. The normalized spacial score (nSPS) is 11.4. The van der Waals surface area contributed by atoms with Crippen LogP contribution in [0.5, 0.6) is 0 Å². The van der Waals surface area contributed by atoms with Gasteiger partial charge in [0.1, 0.15) is 11.0 Å². The summed E-state index contributed by atoms with van der Waals surface area (Å²) >= 11 is 7.12. The number of halogens is 1. The molecule has 0 aliphatic heterocycles. The smallest absolute Gasteiger partial charge is 0.308 e. The van der Waals surface area contributed by atoms with E-state index >= 15 is 0 Å². The van der Waals surface area contributed by atoms with Crippen molar-refractivity contribution >= 4 is 52.0 Å². The molecule has 0 spiro atoms. The van der Waals surface area contributed by atoms with Gasteiger partial charge < -0.3 is 15.4 Å². The van der Waals surface area contributed by atoms with Crippen molar-refractivity contribution < 1.29 is 23.9 Å². The van der Waals surface area contributed by atoms with Crippen LogP contribution in [-0.2, 0) is 19.1 Å². The number of hydrogen-bond donors (Lipinski definition) is 2. The van der Waals surface area contributed by atoms with Gasteiger partial charge in [-0.15, -0.1) is 11.3 Å². The number of esters is 1. The number of ether oxygens (including phenoxy) is 1. The first-order chi connectivity index (χ1) is 13.3. The van der Waals surface area contributed by atoms with Crippen LogP contribution in [0.3, 0.4) is 0 Å². The molecular formula is C19H19ClN2O5S. The van der Waals surface area contributed by atoms with E-state index in [9.17, 15) is 19.2 Å². The molecular weight excluding hydrogens is 404 g/mol. The average molecular weight is 423 g/mol. The lowest BCUT2D eigenvalue weighted by Gasteiger charge is -2.15. The number of nitrogens with one attached hydrogen (secondary N) is 2. The molecule has 1 unspecified atom stereocenters. The van der Waals surface area contributed by atoms with Crippen molar-refractivity contribution in [3.63, 3.8) is 0 Å². The molecule has 0 saturated carbocycles. The van der Waals surface area contributed by atoms with Crippen molar-refractivity contribution in [2.24, 2.45) is 0 Å². The van der Waals surface area contributed by atoms with Gasteiger partial charge in [0.05, 0.1) is 19.1 Å². The van der Waals surface area contributed by atoms with Crippen LogP contribution in [0.2, 0.25) is 5.02 Å². The standard InChI is InChI=1S/C19H19ClN2O5S/c1-10-11(2)28-19(16(10)17(25)12-4-6-13(20)7-5-12)22-18(26)14(21-9-23)8-15(24)27-3/h4-7,9,14H,8H2,1-3H3,(H,21,23)(H,22,26). The number of methoxy groups -OCH3 is 1. The fourth-order valence-corrected chi connectivity index (χ4v) is 3.68. The maximum atomic E-state index is 13.0. The summed E-state index contributed by atoms with van der Waals surface area (Å²) in [6, 6.07) is 5.32. The summed E-state index contributed by atoms with van der Waals surface area (Å²) in [5.74, 6) is -1.53. The molecule has 148 valence electrons. The Morgan fingerprint density at radius 3 is 2.43 bits per heavy atom. The van der Waals surface area contributed by atoms with E-state index in [2.05, 4.69) is 15.4 Å². The number of anilines is 1. The van der Waals surface area contributed by atoms with E-state index in [1.807, 2.05) is 6.92 Å². The first kappa shape index (κ1) is 21.6. The maximum Gasteiger partial charge on any atom is 0.308 e. The third kappa shape index (κ3) is 4.96. The average Bonchev–Trinajstić information content (AvgIpc) is 2.94. The second kappa shape index (κ2) is 9.48. The molecule has 0 saturated heterocycles. The second-order valence-corrected chi connectivity index (χ2v) is 7.59. The molecule has 9 heteroatoms. The predicted octanol–water partition coefficient (Wildman–Crippen LogP) is 2.87. The molecule has 0 fully saturated rings. The number of aryl methyl sites for hydroxylation is 1. The van der Waals surface area contributed by atoms with Crippen LogP contribution in [0.1, 0.15) is 32.8 Å². The van der Waals surface area contributed by atoms with Gasteiger partial charge in [0.15, 0.2) is 5.78 Å². The maximum absolute atomic E-state index is 13.0. The van der Waals surface area contributed by atoms with E-state index < -0.39 is 17.9 Å². The van der Waals surface area contributed by atoms with E-state index in [-0.39, 0.29) is 12.2 Å². The third-order valence-corrected chi connectivity index (χ3v) is 5.51. The Morgan fingerprint density at radius 2 is 1.86 bits per heavy atom. The Kier molecular flexibility index (Phi) is 7.31. The lowest BCUT2D eigenvalue weighted by molar-refractivity contribution is -0.142. The summed E-state index contributed by atoms with van der Waals surface area (Å²) in [6.45, 7) is 3.63. The Morgan fingerprint density at radius 1 is 1.21 bits per heavy atom. The van der Waals surface area contributed by atoms with Crippen molar-refractivity contribution in [1.29, 1.82) is 0 Å². The number of carbonyl (C=O) groups is 4. The van der Waals surface area contributed by atoms with Crippen LogP contribution >= 0.6 is 22.9 Å². The molecule has 0 aliphatic rings. The van der Waals surface area contributed by atoms with E-state index in [0.717, 1.165) is 10.4 Å². The molecule has 28 heavy (non-hydrogen) atoms. The van der Waals surface area contributed by atoms with Gasteiger partial charge in [-0.25, -0.2) is 0 Å². The van der Waals surface area contributed by atoms with Gasteiger partial charge in [-0.3, -0.25) is 19.2 Å². The minimum atomic E-state index is -1.12. The number of thiophene rings is 1. The van der Waals surface area contributed by atoms with Gasteiger partial charge >= 0.3 is 5.97 Å². The summed E-state index contributed by atoms with van der Waals surface area (Å²) < 4.78 is 4.54. The lowest BCUT2D eigenvalue weighted by atomic mass is 10.0. The molecule has 7 nitrogen and oxygen atoms in total. The molecule has 1 atom stereocenters. The van der Waals surface area contributed by atoms with Crippen LogP contribution in [0.4, 0.5) is 5.00 Å². The van der Waals surface area contributed by atoms with Crippen molar-refractivity contribution in [1.82, 2.24) is 5.32 Å². The highest BCUT2D eigenvalue weighted by Crippen LogP contribution is 2.34. The highest BCUT2D eigenvalue weighted by molar-refractivity contribution is 7.16. The summed E-state index contributed by atoms with van der Waals surface area (Å²) in [5.41, 5.74) is 1.53. The number of amides is 2. The van der Waals surface area contributed by atoms with Gasteiger partial charge in [-0.1, -0.05) is 11.6 Å². The number of rotatable bonds is 8. The molecule has 2 aromatic rings. The van der Waals surface area contributed by atoms with Crippen LogP contribution in [0.15, 0.2) is 24.3 Å². The SMILES string of the molecule is COC(=O)CC(NC=O)C(=O)Nc1sc(C)c(C)c1C(=O)c1ccc(Cl)cc1. The van der Waals surface area contributed by atoms with Crippen molar-refractivity contribution in [3.8, 4) is 0 Å². The molecule has 1 aromatic carbocycles. The Bertz CT molecular complexity index is 908. The number of benzene rings is 1. The Balaban J connectivity index is 2.33. The minimum Gasteiger partial charge on any atom is -0.469 e. The van der Waals surface area contributed by atoms with Gasteiger partial charge in [-0.2, -0.15) is 0 Å². The fourth-order valence-electron chi connectivity index (χ4n) is 2.49. The molecule has 1 heterocycles. The van der Waals surface area contributed by atoms with Crippen molar-refractivity contribution in [3.05, 3.63) is 50.9 Å². The molecule has 1 aromatic heterocycles. The number of ketones is 1. The van der Waals surface area contributed by atoms with Crippen LogP contribution in [-0.4, -0.2) is 37.2 Å². The third-order valence-electron chi connectivity index (χ3n) is 4.14. The van der Waals surface area contributed by atoms with E-state index in [0.29, 0.717) is 27.6 Å². The second-order valence-electron chi connectivity index (χ2n) is 5.93. The highest BCUT2D eigenvalue weighted by atomic mass is 35.5. The largest absolute Gasteiger partial charge is 0.469 e. The summed E-state index contributed by atoms with van der Waals surface area (Å²) in [7, 11) is 1.19. The summed E-state index contributed by atoms with van der Waals surface area (Å²) in [5, 5.41) is 5.80. The van der Waals surface area contributed by atoms with Crippen LogP contribution in [0.25, 0.3) is 0 Å². The molecule has 2 amide bonds. The molecule has 0 bridgehead atoms. The molecule has 2 N–H and O–H groups in total. The van der Waals surface area contributed by atoms with Gasteiger partial charge in [0, 0.05) is 15.5 Å². The topological polar surface area (TPSA) is 102 Å². The van der Waals surface area contributed by atoms with Gasteiger partial charge in [0.25, 0.3) is 0 Å². The van der Waals surface area contributed by atoms with Crippen molar-refractivity contribution in [2.75, 3.05) is 12.4 Å².